The second-order valence-corrected chi connectivity index (χ2v) is 4.38. The van der Waals surface area contributed by atoms with E-state index in [0.717, 1.165) is 0 Å². The first kappa shape index (κ1) is 8.72. The van der Waals surface area contributed by atoms with Crippen LogP contribution in [0.15, 0.2) is 48.1 Å². The van der Waals surface area contributed by atoms with E-state index in [1.165, 1.54) is 16.0 Å². The van der Waals surface area contributed by atoms with Gasteiger partial charge in [0.05, 0.1) is 0 Å². The molecule has 0 heterocycles. The molecule has 0 saturated heterocycles. The fraction of sp³-hybridized carbons (Fsp3) is 0.200. The molecule has 0 heteroatoms. The molecule has 0 bridgehead atoms. The Labute approximate surface area is 89.9 Å². The zero-order valence-corrected chi connectivity index (χ0v) is 8.85. The third-order valence-electron chi connectivity index (χ3n) is 3.33. The second kappa shape index (κ2) is 3.23. The molecule has 0 aliphatic heterocycles. The summed E-state index contributed by atoms with van der Waals surface area (Å²) in [4.78, 5) is 0. The predicted octanol–water partition coefficient (Wildman–Crippen LogP) is 2.01. The highest BCUT2D eigenvalue weighted by molar-refractivity contribution is 5.61. The monoisotopic (exact) mass is 194 g/mol. The molecule has 1 aromatic rings. The summed E-state index contributed by atoms with van der Waals surface area (Å²) in [6, 6.07) is 8.60. The standard InChI is InChI=1S/C15H14/c1-11-5-4-8-14-9-12-6-2-3-7-13(12)10-15(11)14/h2-11,15H,1H3. The van der Waals surface area contributed by atoms with Crippen molar-refractivity contribution in [3.05, 3.63) is 58.5 Å². The number of benzene rings is 1. The molecule has 1 aromatic carbocycles. The molecular formula is C15H14. The van der Waals surface area contributed by atoms with Crippen molar-refractivity contribution in [3.8, 4) is 0 Å². The zero-order valence-electron chi connectivity index (χ0n) is 8.85. The van der Waals surface area contributed by atoms with Gasteiger partial charge in [0.2, 0.25) is 0 Å². The van der Waals surface area contributed by atoms with Gasteiger partial charge in [-0.3, -0.25) is 0 Å². The first-order valence-corrected chi connectivity index (χ1v) is 5.51. The van der Waals surface area contributed by atoms with Crippen molar-refractivity contribution in [3.63, 3.8) is 0 Å². The third-order valence-corrected chi connectivity index (χ3v) is 3.33. The van der Waals surface area contributed by atoms with Gasteiger partial charge in [-0.15, -0.1) is 0 Å². The van der Waals surface area contributed by atoms with Gasteiger partial charge in [-0.1, -0.05) is 61.6 Å². The highest BCUT2D eigenvalue weighted by Gasteiger charge is 2.19. The van der Waals surface area contributed by atoms with Gasteiger partial charge >= 0.3 is 0 Å². The van der Waals surface area contributed by atoms with E-state index < -0.39 is 0 Å². The van der Waals surface area contributed by atoms with Crippen LogP contribution in [0.3, 0.4) is 0 Å². The van der Waals surface area contributed by atoms with Crippen molar-refractivity contribution in [1.29, 1.82) is 0 Å². The fourth-order valence-electron chi connectivity index (χ4n) is 2.44. The van der Waals surface area contributed by atoms with E-state index in [1.807, 2.05) is 0 Å². The smallest absolute Gasteiger partial charge is 0.00876 e. The first-order valence-electron chi connectivity index (χ1n) is 5.51. The number of rotatable bonds is 0. The van der Waals surface area contributed by atoms with E-state index in [-0.39, 0.29) is 0 Å². The predicted molar refractivity (Wildman–Crippen MR) is 64.5 cm³/mol. The lowest BCUT2D eigenvalue weighted by Crippen LogP contribution is -2.31. The Morgan fingerprint density at radius 1 is 1.07 bits per heavy atom. The Kier molecular flexibility index (Phi) is 1.88. The Bertz CT molecular complexity index is 558. The van der Waals surface area contributed by atoms with Crippen molar-refractivity contribution in [1.82, 2.24) is 0 Å². The average molecular weight is 194 g/mol. The minimum absolute atomic E-state index is 0.574. The van der Waals surface area contributed by atoms with E-state index in [4.69, 9.17) is 0 Å². The average Bonchev–Trinajstić information content (AvgIpc) is 2.27. The molecular weight excluding hydrogens is 180 g/mol. The number of hydrogen-bond donors (Lipinski definition) is 0. The van der Waals surface area contributed by atoms with Crippen molar-refractivity contribution < 1.29 is 0 Å². The normalized spacial score (nSPS) is 26.9. The number of fused-ring (bicyclic) bond motifs is 2. The van der Waals surface area contributed by atoms with Crippen LogP contribution in [-0.4, -0.2) is 0 Å². The minimum Gasteiger partial charge on any atom is -0.0808 e. The second-order valence-electron chi connectivity index (χ2n) is 4.38. The molecule has 2 unspecified atom stereocenters. The van der Waals surface area contributed by atoms with E-state index in [0.29, 0.717) is 11.8 Å². The zero-order chi connectivity index (χ0) is 10.3. The molecule has 2 aliphatic carbocycles. The summed E-state index contributed by atoms with van der Waals surface area (Å²) >= 11 is 0. The fourth-order valence-corrected chi connectivity index (χ4v) is 2.44. The van der Waals surface area contributed by atoms with Gasteiger partial charge in [0, 0.05) is 5.92 Å². The van der Waals surface area contributed by atoms with Gasteiger partial charge in [-0.05, 0) is 21.9 Å². The third kappa shape index (κ3) is 1.37. The summed E-state index contributed by atoms with van der Waals surface area (Å²) < 4.78 is 0. The van der Waals surface area contributed by atoms with Crippen molar-refractivity contribution in [2.75, 3.05) is 0 Å². The Hall–Kier alpha value is -1.56. The molecule has 0 radical (unpaired) electrons. The molecule has 2 atom stereocenters. The molecule has 0 saturated carbocycles. The minimum atomic E-state index is 0.574. The van der Waals surface area contributed by atoms with Gasteiger partial charge in [0.25, 0.3) is 0 Å². The van der Waals surface area contributed by atoms with Crippen LogP contribution in [0.5, 0.6) is 0 Å². The summed E-state index contributed by atoms with van der Waals surface area (Å²) in [5, 5.41) is 2.73. The molecule has 0 nitrogen and oxygen atoms in total. The van der Waals surface area contributed by atoms with Crippen LogP contribution in [0, 0.1) is 11.8 Å². The molecule has 74 valence electrons. The summed E-state index contributed by atoms with van der Waals surface area (Å²) in [7, 11) is 0. The molecule has 3 rings (SSSR count). The highest BCUT2D eigenvalue weighted by Crippen LogP contribution is 2.29. The number of hydrogen-bond acceptors (Lipinski definition) is 0. The Morgan fingerprint density at radius 2 is 1.87 bits per heavy atom. The van der Waals surface area contributed by atoms with E-state index in [1.54, 1.807) is 0 Å². The largest absolute Gasteiger partial charge is 0.0808 e. The lowest BCUT2D eigenvalue weighted by atomic mass is 9.80. The molecule has 0 N–H and O–H groups in total. The van der Waals surface area contributed by atoms with Crippen LogP contribution in [0.4, 0.5) is 0 Å². The van der Waals surface area contributed by atoms with Gasteiger partial charge in [-0.25, -0.2) is 0 Å². The lowest BCUT2D eigenvalue weighted by Gasteiger charge is -2.24. The van der Waals surface area contributed by atoms with E-state index in [9.17, 15) is 0 Å². The topological polar surface area (TPSA) is 0 Å². The van der Waals surface area contributed by atoms with Gasteiger partial charge in [-0.2, -0.15) is 0 Å². The van der Waals surface area contributed by atoms with Crippen LogP contribution in [-0.2, 0) is 0 Å². The maximum absolute atomic E-state index is 2.40. The summed E-state index contributed by atoms with van der Waals surface area (Å²) in [6.45, 7) is 2.28. The lowest BCUT2D eigenvalue weighted by molar-refractivity contribution is 0.614. The van der Waals surface area contributed by atoms with Gasteiger partial charge in [0.1, 0.15) is 0 Å². The van der Waals surface area contributed by atoms with Crippen molar-refractivity contribution >= 4 is 12.2 Å². The quantitative estimate of drug-likeness (QED) is 0.592. The first-order chi connectivity index (χ1) is 7.34. The Balaban J connectivity index is 2.27. The van der Waals surface area contributed by atoms with Gasteiger partial charge < -0.3 is 0 Å². The van der Waals surface area contributed by atoms with E-state index >= 15 is 0 Å². The van der Waals surface area contributed by atoms with Crippen LogP contribution in [0.2, 0.25) is 0 Å². The molecule has 15 heavy (non-hydrogen) atoms. The van der Waals surface area contributed by atoms with Crippen molar-refractivity contribution in [2.45, 2.75) is 6.92 Å². The molecule has 0 spiro atoms. The van der Waals surface area contributed by atoms with E-state index in [2.05, 4.69) is 61.6 Å². The number of allylic oxidation sites excluding steroid dienone is 4. The summed E-state index contributed by atoms with van der Waals surface area (Å²) in [5.74, 6) is 1.19. The van der Waals surface area contributed by atoms with Crippen LogP contribution < -0.4 is 10.4 Å². The molecule has 2 aliphatic rings. The van der Waals surface area contributed by atoms with Crippen molar-refractivity contribution in [2.24, 2.45) is 11.8 Å². The maximum atomic E-state index is 2.40. The maximum Gasteiger partial charge on any atom is 0.00876 e. The molecule has 0 fully saturated rings. The Morgan fingerprint density at radius 3 is 2.73 bits per heavy atom. The summed E-state index contributed by atoms with van der Waals surface area (Å²) in [6.07, 6.45) is 11.4. The SMILES string of the molecule is CC1C=CC=C2C=c3ccccc3=CC21. The van der Waals surface area contributed by atoms with Crippen LogP contribution in [0.25, 0.3) is 12.2 Å². The molecule has 0 amide bonds. The van der Waals surface area contributed by atoms with Gasteiger partial charge in [0.15, 0.2) is 0 Å². The van der Waals surface area contributed by atoms with Crippen LogP contribution in [0.1, 0.15) is 6.92 Å². The highest BCUT2D eigenvalue weighted by atomic mass is 14.2. The summed E-state index contributed by atoms with van der Waals surface area (Å²) in [5.41, 5.74) is 1.45. The molecule has 0 aromatic heterocycles. The van der Waals surface area contributed by atoms with Crippen LogP contribution >= 0.6 is 0 Å².